The summed E-state index contributed by atoms with van der Waals surface area (Å²) in [6, 6.07) is 8.16. The van der Waals surface area contributed by atoms with Crippen LogP contribution in [0.25, 0.3) is 0 Å². The number of aromatic nitrogens is 1. The maximum Gasteiger partial charge on any atom is 0.273 e. The monoisotopic (exact) mass is 345 g/mol. The van der Waals surface area contributed by atoms with E-state index in [1.807, 2.05) is 20.8 Å². The molecule has 2 aromatic rings. The maximum atomic E-state index is 13.7. The first-order valence-corrected chi connectivity index (χ1v) is 8.06. The first-order chi connectivity index (χ1) is 11.7. The summed E-state index contributed by atoms with van der Waals surface area (Å²) in [7, 11) is 1.49. The molecule has 0 aliphatic rings. The third kappa shape index (κ3) is 5.17. The zero-order chi connectivity index (χ0) is 18.6. The SMILES string of the molecule is COc1ccc(Nc2ccc(C)c(F)c2)nc1C(=O)NCC(C)(C)C. The normalized spacial score (nSPS) is 11.1. The summed E-state index contributed by atoms with van der Waals surface area (Å²) in [5.74, 6) is 0.198. The molecule has 0 aliphatic heterocycles. The highest BCUT2D eigenvalue weighted by atomic mass is 19.1. The van der Waals surface area contributed by atoms with Gasteiger partial charge in [-0.05, 0) is 42.2 Å². The zero-order valence-corrected chi connectivity index (χ0v) is 15.2. The lowest BCUT2D eigenvalue weighted by Crippen LogP contribution is -2.33. The molecule has 134 valence electrons. The second-order valence-electron chi connectivity index (χ2n) is 7.08. The van der Waals surface area contributed by atoms with Crippen LogP contribution in [0.4, 0.5) is 15.9 Å². The average molecular weight is 345 g/mol. The number of pyridine rings is 1. The first kappa shape index (κ1) is 18.7. The number of nitrogens with one attached hydrogen (secondary N) is 2. The van der Waals surface area contributed by atoms with Crippen molar-refractivity contribution in [3.8, 4) is 5.75 Å². The molecule has 0 fully saturated rings. The number of ether oxygens (including phenoxy) is 1. The highest BCUT2D eigenvalue weighted by molar-refractivity contribution is 5.95. The van der Waals surface area contributed by atoms with Crippen molar-refractivity contribution in [2.45, 2.75) is 27.7 Å². The summed E-state index contributed by atoms with van der Waals surface area (Å²) in [5, 5.41) is 5.86. The van der Waals surface area contributed by atoms with E-state index in [0.29, 0.717) is 29.4 Å². The average Bonchev–Trinajstić information content (AvgIpc) is 2.55. The topological polar surface area (TPSA) is 63.2 Å². The Morgan fingerprint density at radius 2 is 1.96 bits per heavy atom. The van der Waals surface area contributed by atoms with Gasteiger partial charge in [0.15, 0.2) is 5.69 Å². The van der Waals surface area contributed by atoms with Gasteiger partial charge >= 0.3 is 0 Å². The van der Waals surface area contributed by atoms with Gasteiger partial charge in [-0.15, -0.1) is 0 Å². The lowest BCUT2D eigenvalue weighted by atomic mass is 9.97. The van der Waals surface area contributed by atoms with Gasteiger partial charge in [0.05, 0.1) is 7.11 Å². The Bertz CT molecular complexity index is 770. The van der Waals surface area contributed by atoms with E-state index in [2.05, 4.69) is 15.6 Å². The number of aryl methyl sites for hydroxylation is 1. The predicted molar refractivity (Wildman–Crippen MR) is 97.0 cm³/mol. The van der Waals surface area contributed by atoms with E-state index in [4.69, 9.17) is 4.74 Å². The van der Waals surface area contributed by atoms with Crippen molar-refractivity contribution in [3.05, 3.63) is 47.4 Å². The van der Waals surface area contributed by atoms with Gasteiger partial charge in [-0.2, -0.15) is 0 Å². The Labute approximate surface area is 147 Å². The molecule has 2 rings (SSSR count). The fourth-order valence-corrected chi connectivity index (χ4v) is 2.09. The van der Waals surface area contributed by atoms with E-state index < -0.39 is 0 Å². The minimum atomic E-state index is -0.314. The molecule has 0 spiro atoms. The second-order valence-corrected chi connectivity index (χ2v) is 7.08. The number of benzene rings is 1. The van der Waals surface area contributed by atoms with E-state index in [1.165, 1.54) is 13.2 Å². The summed E-state index contributed by atoms with van der Waals surface area (Å²) in [6.45, 7) is 8.30. The largest absolute Gasteiger partial charge is 0.494 e. The molecular formula is C19H24FN3O2. The molecule has 1 amide bonds. The lowest BCUT2D eigenvalue weighted by molar-refractivity contribution is 0.0931. The Morgan fingerprint density at radius 1 is 1.24 bits per heavy atom. The van der Waals surface area contributed by atoms with Gasteiger partial charge in [-0.25, -0.2) is 9.37 Å². The van der Waals surface area contributed by atoms with E-state index in [-0.39, 0.29) is 22.8 Å². The molecule has 5 nitrogen and oxygen atoms in total. The lowest BCUT2D eigenvalue weighted by Gasteiger charge is -2.19. The van der Waals surface area contributed by atoms with Crippen molar-refractivity contribution in [2.75, 3.05) is 19.0 Å². The van der Waals surface area contributed by atoms with Crippen molar-refractivity contribution < 1.29 is 13.9 Å². The number of hydrogen-bond donors (Lipinski definition) is 2. The molecule has 0 saturated carbocycles. The minimum absolute atomic E-state index is 0.0435. The van der Waals surface area contributed by atoms with Crippen LogP contribution in [0.2, 0.25) is 0 Å². The minimum Gasteiger partial charge on any atom is -0.494 e. The van der Waals surface area contributed by atoms with Crippen LogP contribution in [0.5, 0.6) is 5.75 Å². The van der Waals surface area contributed by atoms with Crippen LogP contribution in [-0.2, 0) is 0 Å². The molecule has 0 radical (unpaired) electrons. The molecule has 25 heavy (non-hydrogen) atoms. The summed E-state index contributed by atoms with van der Waals surface area (Å²) in [5.41, 5.74) is 1.26. The van der Waals surface area contributed by atoms with Gasteiger partial charge in [0, 0.05) is 12.2 Å². The molecule has 6 heteroatoms. The van der Waals surface area contributed by atoms with Gasteiger partial charge in [0.2, 0.25) is 0 Å². The zero-order valence-electron chi connectivity index (χ0n) is 15.2. The standard InChI is InChI=1S/C19H24FN3O2/c1-12-6-7-13(10-14(12)20)22-16-9-8-15(25-5)17(23-16)18(24)21-11-19(2,3)4/h6-10H,11H2,1-5H3,(H,21,24)(H,22,23). The molecule has 0 bridgehead atoms. The number of rotatable bonds is 5. The summed E-state index contributed by atoms with van der Waals surface area (Å²) in [4.78, 5) is 16.8. The Balaban J connectivity index is 2.23. The smallest absolute Gasteiger partial charge is 0.273 e. The Morgan fingerprint density at radius 3 is 2.56 bits per heavy atom. The number of nitrogens with zero attached hydrogens (tertiary/aromatic N) is 1. The molecule has 0 saturated heterocycles. The molecule has 0 atom stereocenters. The molecule has 1 aromatic carbocycles. The highest BCUT2D eigenvalue weighted by Crippen LogP contribution is 2.23. The molecule has 2 N–H and O–H groups in total. The van der Waals surface area contributed by atoms with Crippen LogP contribution in [0.3, 0.4) is 0 Å². The maximum absolute atomic E-state index is 13.7. The second kappa shape index (κ2) is 7.51. The van der Waals surface area contributed by atoms with Crippen LogP contribution >= 0.6 is 0 Å². The third-order valence-electron chi connectivity index (χ3n) is 3.52. The van der Waals surface area contributed by atoms with Gasteiger partial charge < -0.3 is 15.4 Å². The summed E-state index contributed by atoms with van der Waals surface area (Å²) in [6.07, 6.45) is 0. The quantitative estimate of drug-likeness (QED) is 0.858. The van der Waals surface area contributed by atoms with Crippen LogP contribution in [0, 0.1) is 18.2 Å². The van der Waals surface area contributed by atoms with Crippen LogP contribution in [-0.4, -0.2) is 24.5 Å². The summed E-state index contributed by atoms with van der Waals surface area (Å²) >= 11 is 0. The number of methoxy groups -OCH3 is 1. The third-order valence-corrected chi connectivity index (χ3v) is 3.52. The van der Waals surface area contributed by atoms with Crippen molar-refractivity contribution >= 4 is 17.4 Å². The molecule has 0 aliphatic carbocycles. The van der Waals surface area contributed by atoms with Gasteiger partial charge in [0.25, 0.3) is 5.91 Å². The highest BCUT2D eigenvalue weighted by Gasteiger charge is 2.18. The van der Waals surface area contributed by atoms with Gasteiger partial charge in [0.1, 0.15) is 17.4 Å². The molecular weight excluding hydrogens is 321 g/mol. The van der Waals surface area contributed by atoms with Gasteiger partial charge in [-0.3, -0.25) is 4.79 Å². The number of anilines is 2. The number of hydrogen-bond acceptors (Lipinski definition) is 4. The molecule has 1 aromatic heterocycles. The number of carbonyl (C=O) groups excluding carboxylic acids is 1. The number of carbonyl (C=O) groups is 1. The van der Waals surface area contributed by atoms with Crippen molar-refractivity contribution in [2.24, 2.45) is 5.41 Å². The number of amides is 1. The number of halogens is 1. The van der Waals surface area contributed by atoms with E-state index in [1.54, 1.807) is 31.2 Å². The van der Waals surface area contributed by atoms with Gasteiger partial charge in [-0.1, -0.05) is 26.8 Å². The van der Waals surface area contributed by atoms with Crippen molar-refractivity contribution in [1.29, 1.82) is 0 Å². The molecule has 1 heterocycles. The first-order valence-electron chi connectivity index (χ1n) is 8.06. The summed E-state index contributed by atoms with van der Waals surface area (Å²) < 4.78 is 18.9. The van der Waals surface area contributed by atoms with E-state index in [9.17, 15) is 9.18 Å². The van der Waals surface area contributed by atoms with Crippen molar-refractivity contribution in [3.63, 3.8) is 0 Å². The van der Waals surface area contributed by atoms with Crippen LogP contribution < -0.4 is 15.4 Å². The van der Waals surface area contributed by atoms with Crippen molar-refractivity contribution in [1.82, 2.24) is 10.3 Å². The Hall–Kier alpha value is -2.63. The van der Waals surface area contributed by atoms with Crippen LogP contribution in [0.15, 0.2) is 30.3 Å². The fraction of sp³-hybridized carbons (Fsp3) is 0.368. The predicted octanol–water partition coefficient (Wildman–Crippen LogP) is 4.06. The van der Waals surface area contributed by atoms with Crippen LogP contribution in [0.1, 0.15) is 36.8 Å². The van der Waals surface area contributed by atoms with E-state index >= 15 is 0 Å². The van der Waals surface area contributed by atoms with E-state index in [0.717, 1.165) is 0 Å². The fourth-order valence-electron chi connectivity index (χ4n) is 2.09. The molecule has 0 unspecified atom stereocenters. The Kier molecular flexibility index (Phi) is 5.62.